The number of hydrogen-bond donors (Lipinski definition) is 3. The largest absolute Gasteiger partial charge is 0.481 e. The third kappa shape index (κ3) is 2.61. The molecule has 0 bridgehead atoms. The Morgan fingerprint density at radius 2 is 1.85 bits per heavy atom. The zero-order valence-corrected chi connectivity index (χ0v) is 10.9. The van der Waals surface area contributed by atoms with E-state index >= 15 is 0 Å². The van der Waals surface area contributed by atoms with Crippen molar-refractivity contribution in [2.24, 2.45) is 17.6 Å². The van der Waals surface area contributed by atoms with Crippen molar-refractivity contribution in [2.45, 2.75) is 18.4 Å². The first-order valence-electron chi connectivity index (χ1n) is 6.47. The Kier molecular flexibility index (Phi) is 3.96. The predicted molar refractivity (Wildman–Crippen MR) is 65.8 cm³/mol. The minimum absolute atomic E-state index is 0.114. The lowest BCUT2D eigenvalue weighted by molar-refractivity contribution is -0.160. The lowest BCUT2D eigenvalue weighted by Gasteiger charge is -2.38. The molecule has 0 radical (unpaired) electrons. The summed E-state index contributed by atoms with van der Waals surface area (Å²) in [5.74, 6) is -4.77. The van der Waals surface area contributed by atoms with Gasteiger partial charge in [0.2, 0.25) is 5.91 Å². The van der Waals surface area contributed by atoms with Gasteiger partial charge in [-0.25, -0.2) is 0 Å². The van der Waals surface area contributed by atoms with Gasteiger partial charge in [0.1, 0.15) is 5.54 Å². The fourth-order valence-electron chi connectivity index (χ4n) is 2.75. The molecule has 2 aliphatic heterocycles. The topological polar surface area (TPSA) is 130 Å². The van der Waals surface area contributed by atoms with E-state index in [4.69, 9.17) is 20.7 Å². The van der Waals surface area contributed by atoms with Crippen LogP contribution in [0.5, 0.6) is 0 Å². The van der Waals surface area contributed by atoms with Crippen molar-refractivity contribution < 1.29 is 29.3 Å². The van der Waals surface area contributed by atoms with E-state index in [1.54, 1.807) is 0 Å². The maximum atomic E-state index is 12.3. The Morgan fingerprint density at radius 1 is 1.20 bits per heavy atom. The summed E-state index contributed by atoms with van der Waals surface area (Å²) in [5, 5.41) is 18.2. The van der Waals surface area contributed by atoms with Crippen molar-refractivity contribution in [2.75, 3.05) is 26.3 Å². The van der Waals surface area contributed by atoms with Crippen LogP contribution in [0.1, 0.15) is 12.8 Å². The summed E-state index contributed by atoms with van der Waals surface area (Å²) in [5.41, 5.74) is 4.86. The summed E-state index contributed by atoms with van der Waals surface area (Å²) in [4.78, 5) is 35.9. The average Bonchev–Trinajstić information content (AvgIpc) is 2.85. The van der Waals surface area contributed by atoms with E-state index in [0.717, 1.165) is 0 Å². The number of piperidine rings is 1. The summed E-state index contributed by atoms with van der Waals surface area (Å²) in [6.07, 6.45) is 0.511. The molecule has 3 atom stereocenters. The van der Waals surface area contributed by atoms with Crippen LogP contribution in [0.15, 0.2) is 0 Å². The fourth-order valence-corrected chi connectivity index (χ4v) is 2.75. The Balaban J connectivity index is 2.10. The van der Waals surface area contributed by atoms with E-state index in [1.165, 1.54) is 4.90 Å². The van der Waals surface area contributed by atoms with Crippen LogP contribution >= 0.6 is 0 Å². The Bertz CT molecular complexity index is 432. The van der Waals surface area contributed by atoms with Crippen LogP contribution in [-0.2, 0) is 19.1 Å². The first kappa shape index (κ1) is 14.7. The lowest BCUT2D eigenvalue weighted by Crippen LogP contribution is -2.59. The molecule has 0 aliphatic carbocycles. The van der Waals surface area contributed by atoms with E-state index < -0.39 is 29.3 Å². The normalized spacial score (nSPS) is 34.0. The number of amides is 1. The van der Waals surface area contributed by atoms with Crippen LogP contribution in [0.2, 0.25) is 0 Å². The van der Waals surface area contributed by atoms with Crippen molar-refractivity contribution in [3.8, 4) is 0 Å². The van der Waals surface area contributed by atoms with E-state index in [-0.39, 0.29) is 32.0 Å². The van der Waals surface area contributed by atoms with Crippen molar-refractivity contribution >= 4 is 17.8 Å². The van der Waals surface area contributed by atoms with Crippen LogP contribution in [-0.4, -0.2) is 64.8 Å². The van der Waals surface area contributed by atoms with Gasteiger partial charge in [-0.3, -0.25) is 14.4 Å². The number of rotatable bonds is 3. The van der Waals surface area contributed by atoms with Crippen molar-refractivity contribution in [3.05, 3.63) is 0 Å². The minimum atomic E-state index is -1.20. The smallest absolute Gasteiger partial charge is 0.309 e. The Labute approximate surface area is 115 Å². The highest BCUT2D eigenvalue weighted by Crippen LogP contribution is 2.27. The van der Waals surface area contributed by atoms with Gasteiger partial charge in [0.05, 0.1) is 18.4 Å². The molecule has 2 heterocycles. The number of ether oxygens (including phenoxy) is 1. The van der Waals surface area contributed by atoms with Gasteiger partial charge < -0.3 is 25.6 Å². The van der Waals surface area contributed by atoms with Crippen molar-refractivity contribution in [1.29, 1.82) is 0 Å². The van der Waals surface area contributed by atoms with Gasteiger partial charge in [0, 0.05) is 19.7 Å². The molecule has 2 saturated heterocycles. The predicted octanol–water partition coefficient (Wildman–Crippen LogP) is -1.26. The van der Waals surface area contributed by atoms with Gasteiger partial charge in [0.15, 0.2) is 0 Å². The van der Waals surface area contributed by atoms with Crippen molar-refractivity contribution in [3.63, 3.8) is 0 Å². The summed E-state index contributed by atoms with van der Waals surface area (Å²) >= 11 is 0. The summed E-state index contributed by atoms with van der Waals surface area (Å²) in [6.45, 7) is 0.598. The third-order valence-electron chi connectivity index (χ3n) is 4.01. The minimum Gasteiger partial charge on any atom is -0.481 e. The molecule has 0 aromatic rings. The van der Waals surface area contributed by atoms with Gasteiger partial charge in [-0.2, -0.15) is 0 Å². The van der Waals surface area contributed by atoms with Gasteiger partial charge in [-0.05, 0) is 12.8 Å². The standard InChI is InChI=1S/C12H18N2O6/c13-12(2-4-20-6-12)11(19)14-3-1-7(9(15)16)8(5-14)10(17)18/h7-8H,1-6,13H2,(H,15,16)(H,17,18). The van der Waals surface area contributed by atoms with Crippen molar-refractivity contribution in [1.82, 2.24) is 4.90 Å². The van der Waals surface area contributed by atoms with E-state index in [1.807, 2.05) is 0 Å². The van der Waals surface area contributed by atoms with E-state index in [2.05, 4.69) is 0 Å². The first-order valence-corrected chi connectivity index (χ1v) is 6.47. The molecule has 0 saturated carbocycles. The fraction of sp³-hybridized carbons (Fsp3) is 0.750. The van der Waals surface area contributed by atoms with Crippen LogP contribution in [0.4, 0.5) is 0 Å². The number of aliphatic carboxylic acids is 2. The zero-order valence-electron chi connectivity index (χ0n) is 10.9. The number of likely N-dealkylation sites (tertiary alicyclic amines) is 1. The lowest BCUT2D eigenvalue weighted by atomic mass is 9.84. The molecule has 3 unspecified atom stereocenters. The number of nitrogens with two attached hydrogens (primary N) is 1. The Morgan fingerprint density at radius 3 is 2.35 bits per heavy atom. The average molecular weight is 286 g/mol. The van der Waals surface area contributed by atoms with E-state index in [0.29, 0.717) is 13.0 Å². The number of hydrogen-bond acceptors (Lipinski definition) is 5. The zero-order chi connectivity index (χ0) is 14.9. The highest BCUT2D eigenvalue weighted by atomic mass is 16.5. The molecule has 1 amide bonds. The molecule has 20 heavy (non-hydrogen) atoms. The summed E-state index contributed by atoms with van der Waals surface area (Å²) < 4.78 is 5.12. The number of nitrogens with zero attached hydrogens (tertiary/aromatic N) is 1. The van der Waals surface area contributed by atoms with Crippen LogP contribution < -0.4 is 5.73 Å². The number of carbonyl (C=O) groups excluding carboxylic acids is 1. The highest BCUT2D eigenvalue weighted by molar-refractivity contribution is 5.88. The number of carboxylic acids is 2. The molecule has 0 spiro atoms. The third-order valence-corrected chi connectivity index (χ3v) is 4.01. The van der Waals surface area contributed by atoms with Gasteiger partial charge >= 0.3 is 11.9 Å². The first-order chi connectivity index (χ1) is 9.35. The molecule has 4 N–H and O–H groups in total. The maximum Gasteiger partial charge on any atom is 0.309 e. The second kappa shape index (κ2) is 5.37. The van der Waals surface area contributed by atoms with Crippen LogP contribution in [0, 0.1) is 11.8 Å². The monoisotopic (exact) mass is 286 g/mol. The molecule has 0 aromatic carbocycles. The maximum absolute atomic E-state index is 12.3. The van der Waals surface area contributed by atoms with Gasteiger partial charge in [-0.15, -0.1) is 0 Å². The highest BCUT2D eigenvalue weighted by Gasteiger charge is 2.46. The second-order valence-corrected chi connectivity index (χ2v) is 5.39. The number of carbonyl (C=O) groups is 3. The Hall–Kier alpha value is -1.67. The second-order valence-electron chi connectivity index (χ2n) is 5.39. The molecule has 2 fully saturated rings. The molecule has 2 rings (SSSR count). The van der Waals surface area contributed by atoms with Crippen LogP contribution in [0.25, 0.3) is 0 Å². The van der Waals surface area contributed by atoms with Gasteiger partial charge in [-0.1, -0.05) is 0 Å². The quantitative estimate of drug-likeness (QED) is 0.590. The molecule has 8 heteroatoms. The molecular weight excluding hydrogens is 268 g/mol. The molecule has 0 aromatic heterocycles. The van der Waals surface area contributed by atoms with Crippen LogP contribution in [0.3, 0.4) is 0 Å². The summed E-state index contributed by atoms with van der Waals surface area (Å²) in [6, 6.07) is 0. The molecule has 8 nitrogen and oxygen atoms in total. The van der Waals surface area contributed by atoms with Gasteiger partial charge in [0.25, 0.3) is 0 Å². The number of carboxylic acid groups (broad SMARTS) is 2. The molecule has 2 aliphatic rings. The van der Waals surface area contributed by atoms with E-state index in [9.17, 15) is 14.4 Å². The SMILES string of the molecule is NC1(C(=O)N2CCC(C(=O)O)C(C(=O)O)C2)CCOC1. The summed E-state index contributed by atoms with van der Waals surface area (Å²) in [7, 11) is 0. The molecular formula is C12H18N2O6. The molecule has 112 valence electrons.